The Morgan fingerprint density at radius 1 is 1.50 bits per heavy atom. The standard InChI is InChI=1S/C10H17N3O5/c1-17-9-4(2-12-10(11)13-9)8-7(16)6(15)5(3-14)18-8/h2,5-9,14-16H,3H2,1H3,(H3,11,12,13). The maximum Gasteiger partial charge on any atom is 0.195 e. The first kappa shape index (κ1) is 13.2. The van der Waals surface area contributed by atoms with Crippen LogP contribution in [0.5, 0.6) is 0 Å². The fourth-order valence-electron chi connectivity index (χ4n) is 2.05. The van der Waals surface area contributed by atoms with Gasteiger partial charge < -0.3 is 35.8 Å². The second-order valence-electron chi connectivity index (χ2n) is 4.15. The van der Waals surface area contributed by atoms with Gasteiger partial charge in [0, 0.05) is 18.9 Å². The SMILES string of the molecule is COC1N=C(N)NC=C1C1OC(CO)C(O)C1O. The largest absolute Gasteiger partial charge is 0.394 e. The third-order valence-corrected chi connectivity index (χ3v) is 3.02. The first-order valence-corrected chi connectivity index (χ1v) is 5.53. The summed E-state index contributed by atoms with van der Waals surface area (Å²) >= 11 is 0. The van der Waals surface area contributed by atoms with Gasteiger partial charge in [0.2, 0.25) is 0 Å². The lowest BCUT2D eigenvalue weighted by atomic mass is 10.0. The van der Waals surface area contributed by atoms with Crippen LogP contribution in [0.25, 0.3) is 0 Å². The Balaban J connectivity index is 2.17. The first-order chi connectivity index (χ1) is 8.58. The minimum absolute atomic E-state index is 0.192. The smallest absolute Gasteiger partial charge is 0.195 e. The number of aliphatic hydroxyl groups is 3. The van der Waals surface area contributed by atoms with Crippen molar-refractivity contribution in [2.24, 2.45) is 10.7 Å². The van der Waals surface area contributed by atoms with E-state index in [0.717, 1.165) is 0 Å². The van der Waals surface area contributed by atoms with Gasteiger partial charge in [0.1, 0.15) is 24.4 Å². The molecule has 0 bridgehead atoms. The van der Waals surface area contributed by atoms with Crippen LogP contribution in [-0.4, -0.2) is 65.6 Å². The Bertz CT molecular complexity index is 373. The molecule has 0 aromatic heterocycles. The van der Waals surface area contributed by atoms with E-state index >= 15 is 0 Å². The van der Waals surface area contributed by atoms with Crippen molar-refractivity contribution >= 4 is 5.96 Å². The number of guanidine groups is 1. The van der Waals surface area contributed by atoms with Crippen molar-refractivity contribution in [1.29, 1.82) is 0 Å². The van der Waals surface area contributed by atoms with Crippen LogP contribution in [0.4, 0.5) is 0 Å². The van der Waals surface area contributed by atoms with Crippen molar-refractivity contribution < 1.29 is 24.8 Å². The molecule has 1 saturated heterocycles. The second kappa shape index (κ2) is 5.21. The van der Waals surface area contributed by atoms with Crippen LogP contribution >= 0.6 is 0 Å². The summed E-state index contributed by atoms with van der Waals surface area (Å²) in [5, 5.41) is 31.3. The molecule has 0 radical (unpaired) electrons. The van der Waals surface area contributed by atoms with E-state index in [0.29, 0.717) is 5.57 Å². The number of ether oxygens (including phenoxy) is 2. The number of hydrogen-bond acceptors (Lipinski definition) is 8. The van der Waals surface area contributed by atoms with Gasteiger partial charge in [-0.1, -0.05) is 0 Å². The minimum Gasteiger partial charge on any atom is -0.394 e. The summed E-state index contributed by atoms with van der Waals surface area (Å²) in [5.41, 5.74) is 6.01. The lowest BCUT2D eigenvalue weighted by Crippen LogP contribution is -2.41. The van der Waals surface area contributed by atoms with Gasteiger partial charge in [-0.25, -0.2) is 4.99 Å². The highest BCUT2D eigenvalue weighted by Gasteiger charge is 2.46. The number of methoxy groups -OCH3 is 1. The quantitative estimate of drug-likeness (QED) is 0.371. The molecule has 1 fully saturated rings. The Kier molecular flexibility index (Phi) is 3.83. The van der Waals surface area contributed by atoms with E-state index in [1.54, 1.807) is 0 Å². The molecule has 5 atom stereocenters. The minimum atomic E-state index is -1.15. The molecule has 18 heavy (non-hydrogen) atoms. The van der Waals surface area contributed by atoms with E-state index in [2.05, 4.69) is 10.3 Å². The third kappa shape index (κ3) is 2.20. The molecule has 6 N–H and O–H groups in total. The third-order valence-electron chi connectivity index (χ3n) is 3.02. The predicted molar refractivity (Wildman–Crippen MR) is 61.4 cm³/mol. The maximum absolute atomic E-state index is 9.90. The number of nitrogens with zero attached hydrogens (tertiary/aromatic N) is 1. The lowest BCUT2D eigenvalue weighted by Gasteiger charge is -2.26. The van der Waals surface area contributed by atoms with Crippen molar-refractivity contribution in [2.75, 3.05) is 13.7 Å². The summed E-state index contributed by atoms with van der Waals surface area (Å²) in [6, 6.07) is 0. The lowest BCUT2D eigenvalue weighted by molar-refractivity contribution is -0.0193. The van der Waals surface area contributed by atoms with Crippen LogP contribution < -0.4 is 11.1 Å². The van der Waals surface area contributed by atoms with Crippen LogP contribution in [0.1, 0.15) is 0 Å². The van der Waals surface area contributed by atoms with E-state index in [-0.39, 0.29) is 12.6 Å². The molecule has 2 aliphatic rings. The van der Waals surface area contributed by atoms with Gasteiger partial charge in [-0.2, -0.15) is 0 Å². The summed E-state index contributed by atoms with van der Waals surface area (Å²) in [6.07, 6.45) is -3.09. The number of nitrogens with one attached hydrogen (secondary N) is 1. The van der Waals surface area contributed by atoms with Crippen LogP contribution in [0, 0.1) is 0 Å². The van der Waals surface area contributed by atoms with E-state index in [1.807, 2.05) is 0 Å². The highest BCUT2D eigenvalue weighted by molar-refractivity contribution is 5.80. The number of aliphatic hydroxyl groups excluding tert-OH is 3. The summed E-state index contributed by atoms with van der Waals surface area (Å²) in [4.78, 5) is 3.99. The molecule has 0 saturated carbocycles. The summed E-state index contributed by atoms with van der Waals surface area (Å²) < 4.78 is 10.5. The van der Waals surface area contributed by atoms with Gasteiger partial charge in [0.15, 0.2) is 12.2 Å². The molecule has 8 nitrogen and oxygen atoms in total. The second-order valence-corrected chi connectivity index (χ2v) is 4.15. The van der Waals surface area contributed by atoms with Crippen LogP contribution in [-0.2, 0) is 9.47 Å². The van der Waals surface area contributed by atoms with Crippen molar-refractivity contribution in [1.82, 2.24) is 5.32 Å². The molecule has 0 amide bonds. The Morgan fingerprint density at radius 2 is 2.22 bits per heavy atom. The topological polar surface area (TPSA) is 130 Å². The molecule has 0 aromatic carbocycles. The van der Waals surface area contributed by atoms with E-state index < -0.39 is 30.6 Å². The normalized spacial score (nSPS) is 40.1. The van der Waals surface area contributed by atoms with Gasteiger partial charge in [0.05, 0.1) is 6.61 Å². The molecule has 2 rings (SSSR count). The molecular weight excluding hydrogens is 242 g/mol. The highest BCUT2D eigenvalue weighted by atomic mass is 16.6. The Hall–Kier alpha value is -1.19. The van der Waals surface area contributed by atoms with Gasteiger partial charge >= 0.3 is 0 Å². The monoisotopic (exact) mass is 259 g/mol. The number of rotatable bonds is 3. The molecule has 102 valence electrons. The van der Waals surface area contributed by atoms with Crippen LogP contribution in [0.3, 0.4) is 0 Å². The number of hydrogen-bond donors (Lipinski definition) is 5. The number of aliphatic imine (C=N–C) groups is 1. The summed E-state index contributed by atoms with van der Waals surface area (Å²) in [5.74, 6) is 0.192. The highest BCUT2D eigenvalue weighted by Crippen LogP contribution is 2.29. The zero-order valence-electron chi connectivity index (χ0n) is 9.85. The molecule has 8 heteroatoms. The molecule has 2 heterocycles. The summed E-state index contributed by atoms with van der Waals surface area (Å²) in [7, 11) is 1.45. The van der Waals surface area contributed by atoms with Crippen molar-refractivity contribution in [3.63, 3.8) is 0 Å². The average molecular weight is 259 g/mol. The van der Waals surface area contributed by atoms with Crippen LogP contribution in [0.15, 0.2) is 16.8 Å². The Labute approximate surface area is 104 Å². The predicted octanol–water partition coefficient (Wildman–Crippen LogP) is -2.76. The van der Waals surface area contributed by atoms with Crippen molar-refractivity contribution in [3.8, 4) is 0 Å². The molecule has 0 aliphatic carbocycles. The van der Waals surface area contributed by atoms with E-state index in [1.165, 1.54) is 13.3 Å². The van der Waals surface area contributed by atoms with Gasteiger partial charge in [-0.3, -0.25) is 0 Å². The number of nitrogens with two attached hydrogens (primary N) is 1. The first-order valence-electron chi connectivity index (χ1n) is 5.53. The molecule has 0 aromatic rings. The summed E-state index contributed by atoms with van der Waals surface area (Å²) in [6.45, 7) is -0.376. The average Bonchev–Trinajstić information content (AvgIpc) is 2.66. The van der Waals surface area contributed by atoms with Crippen molar-refractivity contribution in [3.05, 3.63) is 11.8 Å². The van der Waals surface area contributed by atoms with Crippen molar-refractivity contribution in [2.45, 2.75) is 30.6 Å². The van der Waals surface area contributed by atoms with Gasteiger partial charge in [-0.15, -0.1) is 0 Å². The molecule has 5 unspecified atom stereocenters. The van der Waals surface area contributed by atoms with E-state index in [4.69, 9.17) is 20.3 Å². The zero-order valence-corrected chi connectivity index (χ0v) is 9.85. The zero-order chi connectivity index (χ0) is 13.3. The Morgan fingerprint density at radius 3 is 2.78 bits per heavy atom. The maximum atomic E-state index is 9.90. The van der Waals surface area contributed by atoms with Crippen LogP contribution in [0.2, 0.25) is 0 Å². The van der Waals surface area contributed by atoms with Gasteiger partial charge in [0.25, 0.3) is 0 Å². The van der Waals surface area contributed by atoms with E-state index in [9.17, 15) is 10.2 Å². The van der Waals surface area contributed by atoms with Gasteiger partial charge in [-0.05, 0) is 0 Å². The fourth-order valence-corrected chi connectivity index (χ4v) is 2.05. The fraction of sp³-hybridized carbons (Fsp3) is 0.700. The molecule has 2 aliphatic heterocycles. The molecule has 0 spiro atoms. The molecular formula is C10H17N3O5.